The molecule has 4 rings (SSSR count). The molecule has 0 amide bonds. The summed E-state index contributed by atoms with van der Waals surface area (Å²) in [6.07, 6.45) is -0.193. The van der Waals surface area contributed by atoms with Crippen molar-refractivity contribution in [2.24, 2.45) is 5.92 Å². The molecule has 0 spiro atoms. The Hall–Kier alpha value is -3.73. The molecule has 0 aliphatic carbocycles. The van der Waals surface area contributed by atoms with E-state index < -0.39 is 23.3 Å². The van der Waals surface area contributed by atoms with E-state index >= 15 is 0 Å². The molecule has 5 heteroatoms. The second-order valence-corrected chi connectivity index (χ2v) is 7.36. The van der Waals surface area contributed by atoms with Crippen molar-refractivity contribution in [2.75, 3.05) is 6.61 Å². The average molecular weight is 414 g/mol. The highest BCUT2D eigenvalue weighted by atomic mass is 16.5. The van der Waals surface area contributed by atoms with Crippen molar-refractivity contribution in [3.63, 3.8) is 0 Å². The molecule has 0 saturated heterocycles. The molecule has 1 heterocycles. The minimum atomic E-state index is -1.48. The number of fused-ring (bicyclic) bond motifs is 1. The first-order valence-corrected chi connectivity index (χ1v) is 10.2. The van der Waals surface area contributed by atoms with Crippen LogP contribution in [0.1, 0.15) is 34.8 Å². The van der Waals surface area contributed by atoms with E-state index in [0.29, 0.717) is 22.4 Å². The number of carbonyl (C=O) groups is 3. The smallest absolute Gasteiger partial charge is 0.327 e. The molecule has 2 atom stereocenters. The van der Waals surface area contributed by atoms with Gasteiger partial charge in [0.05, 0.1) is 12.5 Å². The van der Waals surface area contributed by atoms with Crippen LogP contribution >= 0.6 is 0 Å². The fourth-order valence-electron chi connectivity index (χ4n) is 4.26. The lowest BCUT2D eigenvalue weighted by atomic mass is 9.64. The second-order valence-electron chi connectivity index (χ2n) is 7.36. The zero-order valence-electron chi connectivity index (χ0n) is 17.1. The Kier molecular flexibility index (Phi) is 5.67. The van der Waals surface area contributed by atoms with Gasteiger partial charge < -0.3 is 9.47 Å². The summed E-state index contributed by atoms with van der Waals surface area (Å²) in [4.78, 5) is 39.9. The third-order valence-corrected chi connectivity index (χ3v) is 5.64. The second kappa shape index (κ2) is 8.56. The van der Waals surface area contributed by atoms with Crippen LogP contribution in [0.15, 0.2) is 84.9 Å². The fourth-order valence-corrected chi connectivity index (χ4v) is 4.26. The summed E-state index contributed by atoms with van der Waals surface area (Å²) in [7, 11) is 0. The Balaban J connectivity index is 1.91. The van der Waals surface area contributed by atoms with E-state index in [0.717, 1.165) is 0 Å². The number of Topliss-reactive ketones (excluding diaryl/α,β-unsaturated/α-hetero) is 1. The molecule has 1 aliphatic heterocycles. The summed E-state index contributed by atoms with van der Waals surface area (Å²) in [5, 5.41) is 0. The van der Waals surface area contributed by atoms with Crippen LogP contribution in [-0.4, -0.2) is 24.3 Å². The van der Waals surface area contributed by atoms with Crippen LogP contribution in [0, 0.1) is 5.92 Å². The summed E-state index contributed by atoms with van der Waals surface area (Å²) in [6.45, 7) is 1.83. The first kappa shape index (κ1) is 20.5. The zero-order valence-corrected chi connectivity index (χ0v) is 17.1. The van der Waals surface area contributed by atoms with Crippen LogP contribution in [0.25, 0.3) is 0 Å². The topological polar surface area (TPSA) is 69.7 Å². The monoisotopic (exact) mass is 414 g/mol. The van der Waals surface area contributed by atoms with Gasteiger partial charge >= 0.3 is 11.9 Å². The van der Waals surface area contributed by atoms with Crippen LogP contribution in [-0.2, 0) is 19.7 Å². The number of ketones is 1. The molecule has 0 saturated carbocycles. The highest BCUT2D eigenvalue weighted by molar-refractivity contribution is 6.03. The number of ether oxygens (including phenoxy) is 2. The molecule has 0 bridgehead atoms. The lowest BCUT2D eigenvalue weighted by Crippen LogP contribution is -2.47. The van der Waals surface area contributed by atoms with Crippen molar-refractivity contribution in [2.45, 2.75) is 18.8 Å². The predicted octanol–water partition coefficient (Wildman–Crippen LogP) is 4.34. The molecule has 0 radical (unpaired) electrons. The molecular formula is C26H22O5. The normalized spacial score (nSPS) is 18.0. The van der Waals surface area contributed by atoms with Crippen molar-refractivity contribution >= 4 is 17.7 Å². The standard InChI is InChI=1S/C26H22O5/c1-2-30-24(28)21(17-22(27)18-11-5-3-6-12-18)26(19-13-7-4-8-14-19)20-15-9-10-16-23(20)31-25(26)29/h3-16,21H,2,17H2,1H3. The van der Waals surface area contributed by atoms with E-state index in [2.05, 4.69) is 0 Å². The van der Waals surface area contributed by atoms with Crippen LogP contribution in [0.5, 0.6) is 5.75 Å². The number of hydrogen-bond donors (Lipinski definition) is 0. The first-order chi connectivity index (χ1) is 15.1. The number of hydrogen-bond acceptors (Lipinski definition) is 5. The Bertz CT molecular complexity index is 1110. The van der Waals surface area contributed by atoms with E-state index in [-0.39, 0.29) is 18.8 Å². The number of esters is 2. The van der Waals surface area contributed by atoms with Gasteiger partial charge in [0.2, 0.25) is 0 Å². The predicted molar refractivity (Wildman–Crippen MR) is 115 cm³/mol. The van der Waals surface area contributed by atoms with Gasteiger partial charge in [-0.3, -0.25) is 14.4 Å². The van der Waals surface area contributed by atoms with Crippen molar-refractivity contribution < 1.29 is 23.9 Å². The van der Waals surface area contributed by atoms with Crippen molar-refractivity contribution in [3.8, 4) is 5.75 Å². The van der Waals surface area contributed by atoms with Gasteiger partial charge in [-0.25, -0.2) is 0 Å². The summed E-state index contributed by atoms with van der Waals surface area (Å²) in [5.74, 6) is -2.13. The molecule has 3 aromatic rings. The Morgan fingerprint density at radius 2 is 1.52 bits per heavy atom. The molecule has 5 nitrogen and oxygen atoms in total. The lowest BCUT2D eigenvalue weighted by molar-refractivity contribution is -0.155. The van der Waals surface area contributed by atoms with Crippen LogP contribution in [0.4, 0.5) is 0 Å². The molecule has 31 heavy (non-hydrogen) atoms. The quantitative estimate of drug-likeness (QED) is 0.327. The van der Waals surface area contributed by atoms with Gasteiger partial charge in [0, 0.05) is 17.5 Å². The Labute approximate surface area is 180 Å². The van der Waals surface area contributed by atoms with E-state index in [9.17, 15) is 14.4 Å². The van der Waals surface area contributed by atoms with Crippen LogP contribution in [0.2, 0.25) is 0 Å². The van der Waals surface area contributed by atoms with Gasteiger partial charge in [0.15, 0.2) is 5.78 Å². The molecule has 0 aromatic heterocycles. The summed E-state index contributed by atoms with van der Waals surface area (Å²) in [6, 6.07) is 24.7. The number of carbonyl (C=O) groups excluding carboxylic acids is 3. The average Bonchev–Trinajstić information content (AvgIpc) is 3.11. The zero-order chi connectivity index (χ0) is 21.8. The van der Waals surface area contributed by atoms with Gasteiger partial charge in [-0.1, -0.05) is 78.9 Å². The van der Waals surface area contributed by atoms with Crippen LogP contribution in [0.3, 0.4) is 0 Å². The number of rotatable bonds is 7. The van der Waals surface area contributed by atoms with Gasteiger partial charge in [-0.05, 0) is 18.6 Å². The SMILES string of the molecule is CCOC(=O)C(CC(=O)c1ccccc1)C1(c2ccccc2)C(=O)Oc2ccccc21. The van der Waals surface area contributed by atoms with E-state index in [1.807, 2.05) is 12.1 Å². The molecule has 2 unspecified atom stereocenters. The van der Waals surface area contributed by atoms with E-state index in [1.54, 1.807) is 79.7 Å². The number of benzene rings is 3. The van der Waals surface area contributed by atoms with Gasteiger partial charge in [-0.15, -0.1) is 0 Å². The molecule has 3 aromatic carbocycles. The van der Waals surface area contributed by atoms with Crippen LogP contribution < -0.4 is 4.74 Å². The first-order valence-electron chi connectivity index (χ1n) is 10.2. The van der Waals surface area contributed by atoms with Crippen molar-refractivity contribution in [1.29, 1.82) is 0 Å². The molecule has 1 aliphatic rings. The fraction of sp³-hybridized carbons (Fsp3) is 0.192. The summed E-state index contributed by atoms with van der Waals surface area (Å²) < 4.78 is 11.0. The van der Waals surface area contributed by atoms with Crippen molar-refractivity contribution in [1.82, 2.24) is 0 Å². The maximum absolute atomic E-state index is 13.5. The Morgan fingerprint density at radius 1 is 0.903 bits per heavy atom. The van der Waals surface area contributed by atoms with Crippen molar-refractivity contribution in [3.05, 3.63) is 102 Å². The summed E-state index contributed by atoms with van der Waals surface area (Å²) in [5.41, 5.74) is 0.141. The Morgan fingerprint density at radius 3 is 2.19 bits per heavy atom. The summed E-state index contributed by atoms with van der Waals surface area (Å²) >= 11 is 0. The molecule has 156 valence electrons. The third-order valence-electron chi connectivity index (χ3n) is 5.64. The number of para-hydroxylation sites is 1. The van der Waals surface area contributed by atoms with Gasteiger partial charge in [0.25, 0.3) is 0 Å². The van der Waals surface area contributed by atoms with Gasteiger partial charge in [-0.2, -0.15) is 0 Å². The maximum Gasteiger partial charge on any atom is 0.327 e. The maximum atomic E-state index is 13.5. The van der Waals surface area contributed by atoms with E-state index in [4.69, 9.17) is 9.47 Å². The molecular weight excluding hydrogens is 392 g/mol. The van der Waals surface area contributed by atoms with Gasteiger partial charge in [0.1, 0.15) is 11.2 Å². The lowest BCUT2D eigenvalue weighted by Gasteiger charge is -2.33. The molecule has 0 N–H and O–H groups in total. The highest BCUT2D eigenvalue weighted by Gasteiger charge is 2.59. The molecule has 0 fully saturated rings. The van der Waals surface area contributed by atoms with E-state index in [1.165, 1.54) is 0 Å². The minimum absolute atomic E-state index is 0.135. The minimum Gasteiger partial charge on any atom is -0.466 e. The third kappa shape index (κ3) is 3.52. The highest BCUT2D eigenvalue weighted by Crippen LogP contribution is 2.50. The largest absolute Gasteiger partial charge is 0.466 e.